The maximum atomic E-state index is 12.4. The molecule has 9 nitrogen and oxygen atoms in total. The van der Waals surface area contributed by atoms with Gasteiger partial charge in [0.05, 0.1) is 16.2 Å². The molecule has 0 aliphatic rings. The fraction of sp³-hybridized carbons (Fsp3) is 0.375. The highest BCUT2D eigenvalue weighted by Gasteiger charge is 2.18. The number of amides is 1. The molecule has 0 spiro atoms. The average molecular weight is 380 g/mol. The van der Waals surface area contributed by atoms with E-state index in [1.54, 1.807) is 20.2 Å². The van der Waals surface area contributed by atoms with Crippen LogP contribution in [0.15, 0.2) is 30.5 Å². The molecule has 0 radical (unpaired) electrons. The van der Waals surface area contributed by atoms with Crippen molar-refractivity contribution in [3.8, 4) is 11.3 Å². The number of aromatic nitrogens is 2. The highest BCUT2D eigenvalue weighted by atomic mass is 32.2. The number of nitrogens with one attached hydrogen (secondary N) is 1. The van der Waals surface area contributed by atoms with E-state index in [2.05, 4.69) is 10.4 Å². The van der Waals surface area contributed by atoms with Crippen molar-refractivity contribution in [1.82, 2.24) is 15.1 Å². The summed E-state index contributed by atoms with van der Waals surface area (Å²) in [7, 11) is -1.40. The molecule has 1 amide bonds. The molecule has 0 atom stereocenters. The van der Waals surface area contributed by atoms with Gasteiger partial charge in [-0.1, -0.05) is 6.92 Å². The number of nitro groups is 1. The maximum Gasteiger partial charge on any atom is 0.269 e. The number of benzene rings is 1. The van der Waals surface area contributed by atoms with Crippen molar-refractivity contribution in [3.05, 3.63) is 46.1 Å². The van der Waals surface area contributed by atoms with Crippen LogP contribution in [0.4, 0.5) is 5.69 Å². The van der Waals surface area contributed by atoms with Gasteiger partial charge in [-0.3, -0.25) is 19.6 Å². The zero-order valence-corrected chi connectivity index (χ0v) is 15.3. The smallest absolute Gasteiger partial charge is 0.269 e. The van der Waals surface area contributed by atoms with Crippen LogP contribution in [0.3, 0.4) is 0 Å². The third kappa shape index (κ3) is 4.88. The Morgan fingerprint density at radius 3 is 2.54 bits per heavy atom. The minimum absolute atomic E-state index is 0.0199. The fourth-order valence-corrected chi connectivity index (χ4v) is 3.22. The lowest BCUT2D eigenvalue weighted by molar-refractivity contribution is -0.384. The molecule has 2 aromatic rings. The Hall–Kier alpha value is -2.75. The molecular weight excluding hydrogens is 360 g/mol. The molecule has 0 aliphatic heterocycles. The number of non-ortho nitro benzene ring substituents is 1. The quantitative estimate of drug-likeness (QED) is 0.421. The molecule has 0 unspecified atom stereocenters. The lowest BCUT2D eigenvalue weighted by Crippen LogP contribution is -2.26. The minimum Gasteiger partial charge on any atom is -0.352 e. The molecule has 1 heterocycles. The normalized spacial score (nSPS) is 11.3. The number of carbonyl (C=O) groups excluding carboxylic acids is 1. The molecular formula is C16H20N4O5S. The van der Waals surface area contributed by atoms with E-state index in [9.17, 15) is 23.3 Å². The lowest BCUT2D eigenvalue weighted by Gasteiger charge is -2.06. The van der Waals surface area contributed by atoms with Gasteiger partial charge in [-0.15, -0.1) is 0 Å². The first-order chi connectivity index (χ1) is 12.2. The average Bonchev–Trinajstić information content (AvgIpc) is 3.00. The number of sulfone groups is 1. The van der Waals surface area contributed by atoms with Gasteiger partial charge in [0.2, 0.25) is 0 Å². The Balaban J connectivity index is 2.10. The summed E-state index contributed by atoms with van der Waals surface area (Å²) in [5, 5.41) is 17.7. The van der Waals surface area contributed by atoms with Crippen LogP contribution in [0.5, 0.6) is 0 Å². The van der Waals surface area contributed by atoms with E-state index in [-0.39, 0.29) is 29.6 Å². The molecule has 1 aromatic heterocycles. The van der Waals surface area contributed by atoms with Gasteiger partial charge in [-0.2, -0.15) is 5.10 Å². The lowest BCUT2D eigenvalue weighted by atomic mass is 10.1. The van der Waals surface area contributed by atoms with Crippen LogP contribution in [0.1, 0.15) is 23.7 Å². The number of nitrogens with zero attached hydrogens (tertiary/aromatic N) is 3. The van der Waals surface area contributed by atoms with Gasteiger partial charge in [0, 0.05) is 43.2 Å². The van der Waals surface area contributed by atoms with Crippen molar-refractivity contribution in [3.63, 3.8) is 0 Å². The second-order valence-corrected chi connectivity index (χ2v) is 8.19. The summed E-state index contributed by atoms with van der Waals surface area (Å²) in [4.78, 5) is 22.6. The van der Waals surface area contributed by atoms with Crippen molar-refractivity contribution < 1.29 is 18.1 Å². The molecule has 26 heavy (non-hydrogen) atoms. The largest absolute Gasteiger partial charge is 0.352 e. The van der Waals surface area contributed by atoms with Gasteiger partial charge >= 0.3 is 0 Å². The zero-order valence-electron chi connectivity index (χ0n) is 14.5. The highest BCUT2D eigenvalue weighted by molar-refractivity contribution is 7.91. The molecule has 1 N–H and O–H groups in total. The van der Waals surface area contributed by atoms with Gasteiger partial charge < -0.3 is 5.32 Å². The van der Waals surface area contributed by atoms with Crippen LogP contribution in [0.25, 0.3) is 11.3 Å². The van der Waals surface area contributed by atoms with Gasteiger partial charge in [-0.05, 0) is 18.6 Å². The van der Waals surface area contributed by atoms with E-state index in [0.717, 1.165) is 0 Å². The second kappa shape index (κ2) is 8.09. The first-order valence-corrected chi connectivity index (χ1v) is 9.82. The standard InChI is InChI=1S/C16H20N4O5S/c1-3-26(24,25)10-4-9-17-16(21)14-11-19(2)18-15(14)12-5-7-13(8-6-12)20(22)23/h5-8,11H,3-4,9-10H2,1-2H3,(H,17,21). The number of carbonyl (C=O) groups is 1. The Morgan fingerprint density at radius 2 is 1.96 bits per heavy atom. The molecule has 0 bridgehead atoms. The van der Waals surface area contributed by atoms with Crippen LogP contribution in [0, 0.1) is 10.1 Å². The van der Waals surface area contributed by atoms with Crippen molar-refractivity contribution in [2.75, 3.05) is 18.1 Å². The van der Waals surface area contributed by atoms with E-state index in [1.165, 1.54) is 28.9 Å². The number of aryl methyl sites for hydroxylation is 1. The third-order valence-electron chi connectivity index (χ3n) is 3.78. The fourth-order valence-electron chi connectivity index (χ4n) is 2.34. The molecule has 10 heteroatoms. The first kappa shape index (κ1) is 19.6. The summed E-state index contributed by atoms with van der Waals surface area (Å²) in [5.41, 5.74) is 1.25. The van der Waals surface area contributed by atoms with E-state index in [1.807, 2.05) is 0 Å². The van der Waals surface area contributed by atoms with E-state index < -0.39 is 14.8 Å². The molecule has 2 rings (SSSR count). The topological polar surface area (TPSA) is 124 Å². The van der Waals surface area contributed by atoms with Crippen LogP contribution in [-0.4, -0.2) is 47.1 Å². The van der Waals surface area contributed by atoms with Crippen LogP contribution in [-0.2, 0) is 16.9 Å². The van der Waals surface area contributed by atoms with Crippen molar-refractivity contribution in [2.24, 2.45) is 7.05 Å². The van der Waals surface area contributed by atoms with Crippen molar-refractivity contribution >= 4 is 21.4 Å². The van der Waals surface area contributed by atoms with Gasteiger partial charge in [0.15, 0.2) is 0 Å². The van der Waals surface area contributed by atoms with Gasteiger partial charge in [-0.25, -0.2) is 8.42 Å². The van der Waals surface area contributed by atoms with Gasteiger partial charge in [0.1, 0.15) is 15.5 Å². The monoisotopic (exact) mass is 380 g/mol. The SMILES string of the molecule is CCS(=O)(=O)CCCNC(=O)c1cn(C)nc1-c1ccc([N+](=O)[O-])cc1. The molecule has 0 saturated carbocycles. The first-order valence-electron chi connectivity index (χ1n) is 8.00. The summed E-state index contributed by atoms with van der Waals surface area (Å²) in [6.45, 7) is 1.81. The predicted octanol–water partition coefficient (Wildman–Crippen LogP) is 1.55. The summed E-state index contributed by atoms with van der Waals surface area (Å²) < 4.78 is 24.4. The Morgan fingerprint density at radius 1 is 1.31 bits per heavy atom. The van der Waals surface area contributed by atoms with E-state index in [0.29, 0.717) is 23.2 Å². The number of hydrogen-bond acceptors (Lipinski definition) is 6. The van der Waals surface area contributed by atoms with Crippen molar-refractivity contribution in [1.29, 1.82) is 0 Å². The predicted molar refractivity (Wildman–Crippen MR) is 96.6 cm³/mol. The summed E-state index contributed by atoms with van der Waals surface area (Å²) in [6.07, 6.45) is 1.88. The zero-order chi connectivity index (χ0) is 19.3. The number of rotatable bonds is 8. The number of hydrogen-bond donors (Lipinski definition) is 1. The van der Waals surface area contributed by atoms with Gasteiger partial charge in [0.25, 0.3) is 11.6 Å². The summed E-state index contributed by atoms with van der Waals surface area (Å²) >= 11 is 0. The van der Waals surface area contributed by atoms with Crippen LogP contribution in [0.2, 0.25) is 0 Å². The molecule has 1 aromatic carbocycles. The van der Waals surface area contributed by atoms with Crippen LogP contribution < -0.4 is 5.32 Å². The number of nitro benzene ring substituents is 1. The third-order valence-corrected chi connectivity index (χ3v) is 5.57. The highest BCUT2D eigenvalue weighted by Crippen LogP contribution is 2.24. The minimum atomic E-state index is -3.06. The van der Waals surface area contributed by atoms with E-state index >= 15 is 0 Å². The maximum absolute atomic E-state index is 12.4. The molecule has 0 saturated heterocycles. The summed E-state index contributed by atoms with van der Waals surface area (Å²) in [5.74, 6) is -0.278. The van der Waals surface area contributed by atoms with Crippen LogP contribution >= 0.6 is 0 Å². The summed E-state index contributed by atoms with van der Waals surface area (Å²) in [6, 6.07) is 5.76. The second-order valence-electron chi connectivity index (χ2n) is 5.71. The Kier molecular flexibility index (Phi) is 6.09. The van der Waals surface area contributed by atoms with Crippen molar-refractivity contribution in [2.45, 2.75) is 13.3 Å². The Labute approximate surface area is 151 Å². The molecule has 140 valence electrons. The molecule has 0 aliphatic carbocycles. The van der Waals surface area contributed by atoms with E-state index in [4.69, 9.17) is 0 Å². The Bertz CT molecular complexity index is 903. The molecule has 0 fully saturated rings.